The van der Waals surface area contributed by atoms with Gasteiger partial charge in [0.1, 0.15) is 29.7 Å². The van der Waals surface area contributed by atoms with E-state index in [0.29, 0.717) is 38.6 Å². The van der Waals surface area contributed by atoms with E-state index in [1.165, 1.54) is 18.3 Å². The summed E-state index contributed by atoms with van der Waals surface area (Å²) in [5, 5.41) is 0. The van der Waals surface area contributed by atoms with Gasteiger partial charge in [-0.1, -0.05) is 22.0 Å². The minimum absolute atomic E-state index is 0.0890. The highest BCUT2D eigenvalue weighted by Crippen LogP contribution is 2.33. The van der Waals surface area contributed by atoms with Gasteiger partial charge in [0.05, 0.1) is 12.8 Å². The summed E-state index contributed by atoms with van der Waals surface area (Å²) >= 11 is 3.24. The van der Waals surface area contributed by atoms with Crippen molar-refractivity contribution in [1.29, 1.82) is 0 Å². The Morgan fingerprint density at radius 2 is 1.93 bits per heavy atom. The minimum atomic E-state index is -0.550. The van der Waals surface area contributed by atoms with Gasteiger partial charge in [-0.2, -0.15) is 4.39 Å². The topological polar surface area (TPSA) is 60.0 Å². The standard InChI is InChI=1S/C22H16BrF2N3O2/c1-29-20-9-16(30-12-14-2-4-15(23)8-18(14)24)5-6-17(20)19-11-27-22(28-19)13-3-7-21(25)26-10-13/h2-11H,12H2,1H3,(H,27,28). The van der Waals surface area contributed by atoms with Gasteiger partial charge >= 0.3 is 0 Å². The minimum Gasteiger partial charge on any atom is -0.496 e. The quantitative estimate of drug-likeness (QED) is 0.362. The number of methoxy groups -OCH3 is 1. The van der Waals surface area contributed by atoms with Gasteiger partial charge in [0.25, 0.3) is 0 Å². The normalized spacial score (nSPS) is 10.8. The van der Waals surface area contributed by atoms with Crippen LogP contribution in [0, 0.1) is 11.8 Å². The summed E-state index contributed by atoms with van der Waals surface area (Å²) < 4.78 is 38.9. The van der Waals surface area contributed by atoms with Crippen LogP contribution in [0.3, 0.4) is 0 Å². The number of ether oxygens (including phenoxy) is 2. The lowest BCUT2D eigenvalue weighted by molar-refractivity contribution is 0.297. The van der Waals surface area contributed by atoms with Crippen LogP contribution in [0.4, 0.5) is 8.78 Å². The molecular formula is C22H16BrF2N3O2. The Labute approximate surface area is 179 Å². The van der Waals surface area contributed by atoms with Crippen molar-refractivity contribution in [1.82, 2.24) is 15.0 Å². The number of hydrogen-bond donors (Lipinski definition) is 1. The largest absolute Gasteiger partial charge is 0.496 e. The van der Waals surface area contributed by atoms with Crippen molar-refractivity contribution in [3.05, 3.63) is 82.7 Å². The van der Waals surface area contributed by atoms with Crippen LogP contribution < -0.4 is 9.47 Å². The number of imidazole rings is 1. The Morgan fingerprint density at radius 3 is 2.67 bits per heavy atom. The lowest BCUT2D eigenvalue weighted by Gasteiger charge is -2.11. The third kappa shape index (κ3) is 4.33. The molecule has 0 unspecified atom stereocenters. The van der Waals surface area contributed by atoms with Crippen LogP contribution in [-0.2, 0) is 6.61 Å². The number of nitrogens with one attached hydrogen (secondary N) is 1. The monoisotopic (exact) mass is 471 g/mol. The van der Waals surface area contributed by atoms with E-state index < -0.39 is 5.95 Å². The number of nitrogens with zero attached hydrogens (tertiary/aromatic N) is 2. The predicted molar refractivity (Wildman–Crippen MR) is 112 cm³/mol. The first kappa shape index (κ1) is 20.0. The van der Waals surface area contributed by atoms with E-state index in [1.54, 1.807) is 43.6 Å². The van der Waals surface area contributed by atoms with Crippen LogP contribution in [0.5, 0.6) is 11.5 Å². The first-order valence-corrected chi connectivity index (χ1v) is 9.75. The zero-order valence-electron chi connectivity index (χ0n) is 15.8. The summed E-state index contributed by atoms with van der Waals surface area (Å²) in [5.74, 6) is 0.763. The average molecular weight is 472 g/mol. The smallest absolute Gasteiger partial charge is 0.212 e. The Balaban J connectivity index is 1.54. The summed E-state index contributed by atoms with van der Waals surface area (Å²) in [6.45, 7) is 0.0890. The summed E-state index contributed by atoms with van der Waals surface area (Å²) in [7, 11) is 1.55. The number of hydrogen-bond acceptors (Lipinski definition) is 4. The number of H-pyrrole nitrogens is 1. The maximum atomic E-state index is 14.0. The molecule has 0 atom stereocenters. The fourth-order valence-electron chi connectivity index (χ4n) is 2.90. The van der Waals surface area contributed by atoms with E-state index in [0.717, 1.165) is 5.56 Å². The van der Waals surface area contributed by atoms with Crippen molar-refractivity contribution in [3.63, 3.8) is 0 Å². The Kier molecular flexibility index (Phi) is 5.76. The Hall–Kier alpha value is -3.26. The van der Waals surface area contributed by atoms with E-state index >= 15 is 0 Å². The van der Waals surface area contributed by atoms with Crippen LogP contribution >= 0.6 is 15.9 Å². The average Bonchev–Trinajstić information content (AvgIpc) is 3.23. The maximum absolute atomic E-state index is 14.0. The molecule has 0 saturated heterocycles. The molecule has 4 rings (SSSR count). The number of rotatable bonds is 6. The lowest BCUT2D eigenvalue weighted by Crippen LogP contribution is -1.99. The molecule has 30 heavy (non-hydrogen) atoms. The van der Waals surface area contributed by atoms with Crippen molar-refractivity contribution in [3.8, 4) is 34.1 Å². The number of benzene rings is 2. The van der Waals surface area contributed by atoms with Crippen molar-refractivity contribution in [2.75, 3.05) is 7.11 Å². The van der Waals surface area contributed by atoms with E-state index in [2.05, 4.69) is 30.9 Å². The van der Waals surface area contributed by atoms with Crippen LogP contribution in [0.25, 0.3) is 22.6 Å². The summed E-state index contributed by atoms with van der Waals surface area (Å²) in [6.07, 6.45) is 3.14. The molecule has 0 fully saturated rings. The van der Waals surface area contributed by atoms with E-state index in [4.69, 9.17) is 9.47 Å². The summed E-state index contributed by atoms with van der Waals surface area (Å²) in [4.78, 5) is 11.2. The first-order valence-electron chi connectivity index (χ1n) is 8.96. The van der Waals surface area contributed by atoms with Crippen LogP contribution in [0.2, 0.25) is 0 Å². The molecule has 0 aliphatic heterocycles. The maximum Gasteiger partial charge on any atom is 0.212 e. The molecule has 0 radical (unpaired) electrons. The number of aromatic nitrogens is 3. The molecule has 8 heteroatoms. The van der Waals surface area contributed by atoms with Gasteiger partial charge in [-0.3, -0.25) is 0 Å². The van der Waals surface area contributed by atoms with Crippen LogP contribution in [0.15, 0.2) is 65.4 Å². The molecule has 152 valence electrons. The lowest BCUT2D eigenvalue weighted by atomic mass is 10.1. The van der Waals surface area contributed by atoms with Crippen LogP contribution in [-0.4, -0.2) is 22.1 Å². The van der Waals surface area contributed by atoms with E-state index in [-0.39, 0.29) is 12.4 Å². The second-order valence-electron chi connectivity index (χ2n) is 6.39. The molecular weight excluding hydrogens is 456 g/mol. The SMILES string of the molecule is COc1cc(OCc2ccc(Br)cc2F)ccc1-c1c[nH]c(-c2ccc(F)nc2)n1. The predicted octanol–water partition coefficient (Wildman–Crippen LogP) is 5.77. The molecule has 0 saturated carbocycles. The number of aromatic amines is 1. The first-order chi connectivity index (χ1) is 14.5. The van der Waals surface area contributed by atoms with E-state index in [9.17, 15) is 8.78 Å². The Morgan fingerprint density at radius 1 is 1.07 bits per heavy atom. The van der Waals surface area contributed by atoms with Gasteiger partial charge in [0, 0.05) is 39.6 Å². The second-order valence-corrected chi connectivity index (χ2v) is 7.31. The molecule has 2 aromatic heterocycles. The van der Waals surface area contributed by atoms with Crippen LogP contribution in [0.1, 0.15) is 5.56 Å². The third-order valence-corrected chi connectivity index (χ3v) is 4.93. The third-order valence-electron chi connectivity index (χ3n) is 4.44. The highest BCUT2D eigenvalue weighted by molar-refractivity contribution is 9.10. The molecule has 5 nitrogen and oxygen atoms in total. The van der Waals surface area contributed by atoms with Crippen molar-refractivity contribution < 1.29 is 18.3 Å². The molecule has 0 aliphatic rings. The molecule has 2 aromatic carbocycles. The van der Waals surface area contributed by atoms with Crippen molar-refractivity contribution >= 4 is 15.9 Å². The molecule has 0 bridgehead atoms. The molecule has 0 aliphatic carbocycles. The molecule has 2 heterocycles. The van der Waals surface area contributed by atoms with Gasteiger partial charge in [-0.05, 0) is 36.4 Å². The van der Waals surface area contributed by atoms with Crippen molar-refractivity contribution in [2.24, 2.45) is 0 Å². The molecule has 1 N–H and O–H groups in total. The molecule has 4 aromatic rings. The number of pyridine rings is 1. The van der Waals surface area contributed by atoms with Crippen molar-refractivity contribution in [2.45, 2.75) is 6.61 Å². The number of halogens is 3. The molecule has 0 spiro atoms. The van der Waals surface area contributed by atoms with Gasteiger partial charge in [-0.25, -0.2) is 14.4 Å². The van der Waals surface area contributed by atoms with E-state index in [1.807, 2.05) is 6.07 Å². The van der Waals surface area contributed by atoms with Gasteiger partial charge in [0.15, 0.2) is 0 Å². The Bertz CT molecular complexity index is 1180. The fourth-order valence-corrected chi connectivity index (χ4v) is 3.23. The highest BCUT2D eigenvalue weighted by atomic mass is 79.9. The zero-order valence-corrected chi connectivity index (χ0v) is 17.4. The van der Waals surface area contributed by atoms with Gasteiger partial charge < -0.3 is 14.5 Å². The summed E-state index contributed by atoms with van der Waals surface area (Å²) in [6, 6.07) is 13.0. The zero-order chi connectivity index (χ0) is 21.1. The summed E-state index contributed by atoms with van der Waals surface area (Å²) in [5.41, 5.74) is 2.51. The fraction of sp³-hybridized carbons (Fsp3) is 0.0909. The molecule has 0 amide bonds. The van der Waals surface area contributed by atoms with Gasteiger partial charge in [0.2, 0.25) is 5.95 Å². The van der Waals surface area contributed by atoms with Gasteiger partial charge in [-0.15, -0.1) is 0 Å². The second kappa shape index (κ2) is 8.62. The highest BCUT2D eigenvalue weighted by Gasteiger charge is 2.13.